The molecule has 0 saturated carbocycles. The fourth-order valence-corrected chi connectivity index (χ4v) is 1.69. The van der Waals surface area contributed by atoms with Crippen LogP contribution in [0.25, 0.3) is 0 Å². The first kappa shape index (κ1) is 11.1. The molecule has 1 aromatic heterocycles. The van der Waals surface area contributed by atoms with Gasteiger partial charge in [0.15, 0.2) is 0 Å². The van der Waals surface area contributed by atoms with Gasteiger partial charge >= 0.3 is 6.61 Å². The highest BCUT2D eigenvalue weighted by molar-refractivity contribution is 5.41. The van der Waals surface area contributed by atoms with E-state index in [-0.39, 0.29) is 12.0 Å². The number of ether oxygens (including phenoxy) is 1. The molecule has 1 atom stereocenters. The van der Waals surface area contributed by atoms with Gasteiger partial charge in [0, 0.05) is 19.2 Å². The molecular formula is C10H12F2N2O2. The second kappa shape index (κ2) is 4.61. The number of hydrogen-bond donors (Lipinski definition) is 1. The van der Waals surface area contributed by atoms with Crippen molar-refractivity contribution in [3.05, 3.63) is 18.2 Å². The normalized spacial score (nSPS) is 20.5. The van der Waals surface area contributed by atoms with Crippen molar-refractivity contribution in [2.75, 3.05) is 18.0 Å². The molecule has 0 radical (unpaired) electrons. The van der Waals surface area contributed by atoms with Gasteiger partial charge in [-0.3, -0.25) is 0 Å². The molecule has 2 heterocycles. The summed E-state index contributed by atoms with van der Waals surface area (Å²) in [5.41, 5.74) is 0. The Kier molecular flexibility index (Phi) is 3.19. The lowest BCUT2D eigenvalue weighted by Gasteiger charge is -2.16. The Hall–Kier alpha value is -1.43. The average Bonchev–Trinajstić information content (AvgIpc) is 2.64. The summed E-state index contributed by atoms with van der Waals surface area (Å²) in [6.45, 7) is -1.72. The van der Waals surface area contributed by atoms with Crippen LogP contribution in [0.5, 0.6) is 5.88 Å². The minimum absolute atomic E-state index is 0.103. The Labute approximate surface area is 91.5 Å². The minimum Gasteiger partial charge on any atom is -0.417 e. The van der Waals surface area contributed by atoms with E-state index in [1.165, 1.54) is 6.07 Å². The first-order valence-electron chi connectivity index (χ1n) is 5.00. The van der Waals surface area contributed by atoms with Crippen LogP contribution in [0.4, 0.5) is 14.6 Å². The molecule has 1 N–H and O–H groups in total. The van der Waals surface area contributed by atoms with Crippen LogP contribution in [-0.2, 0) is 0 Å². The van der Waals surface area contributed by atoms with Crippen molar-refractivity contribution in [1.82, 2.24) is 4.98 Å². The number of hydrogen-bond acceptors (Lipinski definition) is 4. The van der Waals surface area contributed by atoms with E-state index in [1.807, 2.05) is 4.90 Å². The zero-order valence-corrected chi connectivity index (χ0v) is 8.51. The molecule has 1 aromatic rings. The number of pyridine rings is 1. The van der Waals surface area contributed by atoms with Crippen molar-refractivity contribution < 1.29 is 18.6 Å². The van der Waals surface area contributed by atoms with Gasteiger partial charge in [-0.2, -0.15) is 13.8 Å². The number of aromatic nitrogens is 1. The van der Waals surface area contributed by atoms with Crippen molar-refractivity contribution >= 4 is 5.82 Å². The maximum Gasteiger partial charge on any atom is 0.388 e. The Morgan fingerprint density at radius 3 is 2.94 bits per heavy atom. The zero-order valence-electron chi connectivity index (χ0n) is 8.51. The number of anilines is 1. The molecule has 1 fully saturated rings. The Bertz CT molecular complexity index is 362. The highest BCUT2D eigenvalue weighted by atomic mass is 19.3. The molecule has 0 unspecified atom stereocenters. The van der Waals surface area contributed by atoms with E-state index in [4.69, 9.17) is 0 Å². The van der Waals surface area contributed by atoms with Gasteiger partial charge in [0.2, 0.25) is 5.88 Å². The minimum atomic E-state index is -2.87. The summed E-state index contributed by atoms with van der Waals surface area (Å²) < 4.78 is 28.2. The van der Waals surface area contributed by atoms with E-state index in [1.54, 1.807) is 12.1 Å². The van der Waals surface area contributed by atoms with Gasteiger partial charge in [0.05, 0.1) is 6.10 Å². The average molecular weight is 230 g/mol. The van der Waals surface area contributed by atoms with Crippen LogP contribution < -0.4 is 9.64 Å². The van der Waals surface area contributed by atoms with E-state index in [0.29, 0.717) is 25.3 Å². The van der Waals surface area contributed by atoms with E-state index in [2.05, 4.69) is 9.72 Å². The van der Waals surface area contributed by atoms with Crippen LogP contribution in [0.15, 0.2) is 18.2 Å². The molecule has 0 amide bonds. The molecular weight excluding hydrogens is 218 g/mol. The van der Waals surface area contributed by atoms with Crippen molar-refractivity contribution in [1.29, 1.82) is 0 Å². The van der Waals surface area contributed by atoms with Crippen LogP contribution >= 0.6 is 0 Å². The molecule has 6 heteroatoms. The number of alkyl halides is 2. The third-order valence-corrected chi connectivity index (χ3v) is 2.41. The van der Waals surface area contributed by atoms with E-state index < -0.39 is 6.61 Å². The van der Waals surface area contributed by atoms with Gasteiger partial charge < -0.3 is 14.7 Å². The van der Waals surface area contributed by atoms with Crippen molar-refractivity contribution in [3.63, 3.8) is 0 Å². The van der Waals surface area contributed by atoms with Gasteiger partial charge in [-0.05, 0) is 12.5 Å². The summed E-state index contributed by atoms with van der Waals surface area (Å²) in [4.78, 5) is 5.78. The standard InChI is InChI=1S/C10H12F2N2O2/c11-10(12)16-9-3-1-2-8(13-9)14-5-4-7(15)6-14/h1-3,7,10,15H,4-6H2/t7-/m1/s1. The van der Waals surface area contributed by atoms with Gasteiger partial charge in [0.1, 0.15) is 5.82 Å². The molecule has 16 heavy (non-hydrogen) atoms. The summed E-state index contributed by atoms with van der Waals surface area (Å²) in [5.74, 6) is 0.448. The lowest BCUT2D eigenvalue weighted by Crippen LogP contribution is -2.22. The number of aliphatic hydroxyl groups is 1. The van der Waals surface area contributed by atoms with E-state index >= 15 is 0 Å². The quantitative estimate of drug-likeness (QED) is 0.849. The van der Waals surface area contributed by atoms with Crippen molar-refractivity contribution in [2.45, 2.75) is 19.1 Å². The monoisotopic (exact) mass is 230 g/mol. The molecule has 0 aliphatic carbocycles. The first-order chi connectivity index (χ1) is 7.65. The molecule has 0 spiro atoms. The smallest absolute Gasteiger partial charge is 0.388 e. The zero-order chi connectivity index (χ0) is 11.5. The fraction of sp³-hybridized carbons (Fsp3) is 0.500. The van der Waals surface area contributed by atoms with Crippen LogP contribution in [0.3, 0.4) is 0 Å². The largest absolute Gasteiger partial charge is 0.417 e. The van der Waals surface area contributed by atoms with Crippen LogP contribution in [0, 0.1) is 0 Å². The predicted molar refractivity (Wildman–Crippen MR) is 53.7 cm³/mol. The lowest BCUT2D eigenvalue weighted by molar-refractivity contribution is -0.0527. The molecule has 1 aliphatic heterocycles. The Morgan fingerprint density at radius 1 is 1.50 bits per heavy atom. The fourth-order valence-electron chi connectivity index (χ4n) is 1.69. The number of nitrogens with zero attached hydrogens (tertiary/aromatic N) is 2. The number of rotatable bonds is 3. The van der Waals surface area contributed by atoms with E-state index in [0.717, 1.165) is 0 Å². The van der Waals surface area contributed by atoms with Crippen LogP contribution in [0.2, 0.25) is 0 Å². The summed E-state index contributed by atoms with van der Waals surface area (Å²) in [6.07, 6.45) is 0.295. The Balaban J connectivity index is 2.09. The highest BCUT2D eigenvalue weighted by Crippen LogP contribution is 2.21. The maximum atomic E-state index is 12.0. The second-order valence-electron chi connectivity index (χ2n) is 3.60. The topological polar surface area (TPSA) is 45.6 Å². The summed E-state index contributed by atoms with van der Waals surface area (Å²) in [6, 6.07) is 4.68. The van der Waals surface area contributed by atoms with Crippen molar-refractivity contribution in [2.24, 2.45) is 0 Å². The van der Waals surface area contributed by atoms with Crippen LogP contribution in [0.1, 0.15) is 6.42 Å². The van der Waals surface area contributed by atoms with Gasteiger partial charge in [-0.15, -0.1) is 0 Å². The lowest BCUT2D eigenvalue weighted by atomic mass is 10.3. The van der Waals surface area contributed by atoms with Crippen molar-refractivity contribution in [3.8, 4) is 5.88 Å². The van der Waals surface area contributed by atoms with Gasteiger partial charge in [-0.25, -0.2) is 0 Å². The first-order valence-corrected chi connectivity index (χ1v) is 5.00. The predicted octanol–water partition coefficient (Wildman–Crippen LogP) is 1.25. The summed E-state index contributed by atoms with van der Waals surface area (Å²) in [5, 5.41) is 9.35. The molecule has 0 aromatic carbocycles. The summed E-state index contributed by atoms with van der Waals surface area (Å²) >= 11 is 0. The molecule has 0 bridgehead atoms. The highest BCUT2D eigenvalue weighted by Gasteiger charge is 2.21. The number of aliphatic hydroxyl groups excluding tert-OH is 1. The SMILES string of the molecule is O[C@@H]1CCN(c2cccc(OC(F)F)n2)C1. The molecule has 1 saturated heterocycles. The summed E-state index contributed by atoms with van der Waals surface area (Å²) in [7, 11) is 0. The molecule has 4 nitrogen and oxygen atoms in total. The molecule has 88 valence electrons. The second-order valence-corrected chi connectivity index (χ2v) is 3.60. The van der Waals surface area contributed by atoms with Gasteiger partial charge in [-0.1, -0.05) is 6.07 Å². The Morgan fingerprint density at radius 2 is 2.31 bits per heavy atom. The number of halogens is 2. The third-order valence-electron chi connectivity index (χ3n) is 2.41. The molecule has 1 aliphatic rings. The van der Waals surface area contributed by atoms with Crippen LogP contribution in [-0.4, -0.2) is 35.9 Å². The van der Waals surface area contributed by atoms with E-state index in [9.17, 15) is 13.9 Å². The molecule has 2 rings (SSSR count). The number of β-amino-alcohol motifs (C(OH)–C–C–N with tert-alkyl or cyclic N) is 1. The third kappa shape index (κ3) is 2.57. The maximum absolute atomic E-state index is 12.0. The van der Waals surface area contributed by atoms with Gasteiger partial charge in [0.25, 0.3) is 0 Å².